The number of ether oxygens (including phenoxy) is 2. The van der Waals surface area contributed by atoms with Crippen molar-refractivity contribution in [2.45, 2.75) is 19.3 Å². The molecule has 0 radical (unpaired) electrons. The number of rotatable bonds is 4. The van der Waals surface area contributed by atoms with E-state index in [0.717, 1.165) is 5.56 Å². The molecule has 84 valence electrons. The molecule has 1 aromatic heterocycles. The highest BCUT2D eigenvalue weighted by Crippen LogP contribution is 2.25. The van der Waals surface area contributed by atoms with E-state index in [1.165, 1.54) is 14.2 Å². The Hall–Kier alpha value is -0.680. The molecule has 0 aliphatic heterocycles. The van der Waals surface area contributed by atoms with Crippen molar-refractivity contribution in [3.05, 3.63) is 28.5 Å². The van der Waals surface area contributed by atoms with Gasteiger partial charge >= 0.3 is 0 Å². The van der Waals surface area contributed by atoms with Crippen LogP contribution in [-0.4, -0.2) is 24.3 Å². The fraction of sp³-hybridized carbons (Fsp3) is 0.500. The van der Waals surface area contributed by atoms with Gasteiger partial charge in [-0.25, -0.2) is 0 Å². The lowest BCUT2D eigenvalue weighted by molar-refractivity contribution is -0.106. The van der Waals surface area contributed by atoms with Crippen LogP contribution in [0, 0.1) is 0 Å². The lowest BCUT2D eigenvalue weighted by Crippen LogP contribution is -2.06. The monoisotopic (exact) mass is 231 g/mol. The number of hydrogen-bond donors (Lipinski definition) is 1. The molecule has 1 atom stereocenters. The van der Waals surface area contributed by atoms with Gasteiger partial charge in [0, 0.05) is 26.0 Å². The Morgan fingerprint density at radius 2 is 2.00 bits per heavy atom. The van der Waals surface area contributed by atoms with E-state index >= 15 is 0 Å². The number of aliphatic hydroxyl groups is 1. The fourth-order valence-corrected chi connectivity index (χ4v) is 1.60. The average molecular weight is 232 g/mol. The average Bonchev–Trinajstić information content (AvgIpc) is 2.19. The molecule has 1 aromatic rings. The highest BCUT2D eigenvalue weighted by atomic mass is 35.5. The van der Waals surface area contributed by atoms with Crippen LogP contribution < -0.4 is 0 Å². The second-order valence-electron chi connectivity index (χ2n) is 3.12. The first-order valence-corrected chi connectivity index (χ1v) is 4.87. The van der Waals surface area contributed by atoms with Crippen LogP contribution >= 0.6 is 11.6 Å². The van der Waals surface area contributed by atoms with Crippen LogP contribution in [0.3, 0.4) is 0 Å². The summed E-state index contributed by atoms with van der Waals surface area (Å²) in [7, 11) is 3.06. The Morgan fingerprint density at radius 1 is 1.40 bits per heavy atom. The van der Waals surface area contributed by atoms with E-state index < -0.39 is 12.4 Å². The molecule has 0 fully saturated rings. The smallest absolute Gasteiger partial charge is 0.184 e. The summed E-state index contributed by atoms with van der Waals surface area (Å²) in [6.45, 7) is 1.61. The Bertz CT molecular complexity index is 326. The quantitative estimate of drug-likeness (QED) is 0.807. The minimum Gasteiger partial charge on any atom is -0.387 e. The summed E-state index contributed by atoms with van der Waals surface area (Å²) in [5.74, 6) is 0. The highest BCUT2D eigenvalue weighted by Gasteiger charge is 2.14. The van der Waals surface area contributed by atoms with Gasteiger partial charge in [-0.2, -0.15) is 0 Å². The molecule has 0 aliphatic rings. The number of methoxy groups -OCH3 is 2. The molecule has 1 rings (SSSR count). The van der Waals surface area contributed by atoms with Crippen molar-refractivity contribution in [3.63, 3.8) is 0 Å². The van der Waals surface area contributed by atoms with E-state index in [2.05, 4.69) is 4.98 Å². The van der Waals surface area contributed by atoms with E-state index in [1.54, 1.807) is 19.2 Å². The SMILES string of the molecule is COC(OC)c1cnc(C(C)O)c(Cl)c1. The molecule has 0 aromatic carbocycles. The summed E-state index contributed by atoms with van der Waals surface area (Å²) >= 11 is 5.95. The summed E-state index contributed by atoms with van der Waals surface area (Å²) in [5, 5.41) is 9.74. The normalized spacial score (nSPS) is 13.2. The third-order valence-corrected chi connectivity index (χ3v) is 2.29. The lowest BCUT2D eigenvalue weighted by atomic mass is 10.2. The van der Waals surface area contributed by atoms with Crippen molar-refractivity contribution >= 4 is 11.6 Å². The third kappa shape index (κ3) is 2.89. The zero-order chi connectivity index (χ0) is 11.4. The van der Waals surface area contributed by atoms with Gasteiger partial charge in [0.2, 0.25) is 0 Å². The Labute approximate surface area is 93.8 Å². The van der Waals surface area contributed by atoms with Crippen LogP contribution in [-0.2, 0) is 9.47 Å². The van der Waals surface area contributed by atoms with E-state index in [-0.39, 0.29) is 0 Å². The first-order valence-electron chi connectivity index (χ1n) is 4.49. The van der Waals surface area contributed by atoms with Crippen LogP contribution in [0.25, 0.3) is 0 Å². The van der Waals surface area contributed by atoms with Crippen LogP contribution in [0.15, 0.2) is 12.3 Å². The maximum absolute atomic E-state index is 9.34. The topological polar surface area (TPSA) is 51.6 Å². The highest BCUT2D eigenvalue weighted by molar-refractivity contribution is 6.31. The van der Waals surface area contributed by atoms with E-state index in [0.29, 0.717) is 10.7 Å². The molecule has 0 aliphatic carbocycles. The molecule has 15 heavy (non-hydrogen) atoms. The Kier molecular flexibility index (Phi) is 4.47. The molecule has 0 spiro atoms. The zero-order valence-electron chi connectivity index (χ0n) is 8.90. The molecule has 1 heterocycles. The van der Waals surface area contributed by atoms with Gasteiger partial charge in [0.1, 0.15) is 0 Å². The van der Waals surface area contributed by atoms with Gasteiger partial charge in [-0.05, 0) is 13.0 Å². The molecule has 0 saturated heterocycles. The maximum atomic E-state index is 9.34. The lowest BCUT2D eigenvalue weighted by Gasteiger charge is -2.15. The predicted molar refractivity (Wildman–Crippen MR) is 56.6 cm³/mol. The number of hydrogen-bond acceptors (Lipinski definition) is 4. The number of aliphatic hydroxyl groups excluding tert-OH is 1. The summed E-state index contributed by atoms with van der Waals surface area (Å²) in [6.07, 6.45) is 0.402. The van der Waals surface area contributed by atoms with Gasteiger partial charge in [0.15, 0.2) is 6.29 Å². The second-order valence-corrected chi connectivity index (χ2v) is 3.52. The predicted octanol–water partition coefficient (Wildman–Crippen LogP) is 2.08. The molecule has 4 nitrogen and oxygen atoms in total. The molecular formula is C10H14ClNO3. The number of halogens is 1. The standard InChI is InChI=1S/C10H14ClNO3/c1-6(13)9-8(11)4-7(5-12-9)10(14-2)15-3/h4-6,10,13H,1-3H3. The van der Waals surface area contributed by atoms with Crippen LogP contribution in [0.5, 0.6) is 0 Å². The maximum Gasteiger partial charge on any atom is 0.184 e. The summed E-state index contributed by atoms with van der Waals surface area (Å²) < 4.78 is 10.1. The van der Waals surface area contributed by atoms with E-state index in [1.807, 2.05) is 0 Å². The van der Waals surface area contributed by atoms with Gasteiger partial charge in [-0.3, -0.25) is 4.98 Å². The van der Waals surface area contributed by atoms with Gasteiger partial charge in [-0.1, -0.05) is 11.6 Å². The molecule has 5 heteroatoms. The van der Waals surface area contributed by atoms with Crippen molar-refractivity contribution in [1.29, 1.82) is 0 Å². The van der Waals surface area contributed by atoms with E-state index in [9.17, 15) is 5.11 Å². The minimum absolute atomic E-state index is 0.404. The number of aromatic nitrogens is 1. The summed E-state index contributed by atoms with van der Waals surface area (Å²) in [4.78, 5) is 4.05. The molecule has 0 saturated carbocycles. The van der Waals surface area contributed by atoms with Crippen LogP contribution in [0.4, 0.5) is 0 Å². The second kappa shape index (κ2) is 5.42. The summed E-state index contributed by atoms with van der Waals surface area (Å²) in [6, 6.07) is 1.67. The first kappa shape index (κ1) is 12.4. The van der Waals surface area contributed by atoms with E-state index in [4.69, 9.17) is 21.1 Å². The largest absolute Gasteiger partial charge is 0.387 e. The third-order valence-electron chi connectivity index (χ3n) is 1.99. The van der Waals surface area contributed by atoms with Crippen molar-refractivity contribution in [3.8, 4) is 0 Å². The van der Waals surface area contributed by atoms with Crippen molar-refractivity contribution in [1.82, 2.24) is 4.98 Å². The van der Waals surface area contributed by atoms with Crippen molar-refractivity contribution < 1.29 is 14.6 Å². The molecule has 1 unspecified atom stereocenters. The van der Waals surface area contributed by atoms with Gasteiger partial charge in [0.25, 0.3) is 0 Å². The molecular weight excluding hydrogens is 218 g/mol. The molecule has 0 amide bonds. The Morgan fingerprint density at radius 3 is 2.40 bits per heavy atom. The first-order chi connectivity index (χ1) is 7.10. The number of pyridine rings is 1. The van der Waals surface area contributed by atoms with Gasteiger partial charge in [0.05, 0.1) is 16.8 Å². The van der Waals surface area contributed by atoms with Gasteiger partial charge in [-0.15, -0.1) is 0 Å². The fourth-order valence-electron chi connectivity index (χ4n) is 1.27. The summed E-state index contributed by atoms with van der Waals surface area (Å²) in [5.41, 5.74) is 1.17. The van der Waals surface area contributed by atoms with Crippen LogP contribution in [0.2, 0.25) is 5.02 Å². The zero-order valence-corrected chi connectivity index (χ0v) is 9.65. The molecule has 1 N–H and O–H groups in total. The number of nitrogens with zero attached hydrogens (tertiary/aromatic N) is 1. The molecule has 0 bridgehead atoms. The van der Waals surface area contributed by atoms with Gasteiger partial charge < -0.3 is 14.6 Å². The van der Waals surface area contributed by atoms with Crippen LogP contribution in [0.1, 0.15) is 30.6 Å². The van der Waals surface area contributed by atoms with Crippen molar-refractivity contribution in [2.24, 2.45) is 0 Å². The Balaban J connectivity index is 3.00. The van der Waals surface area contributed by atoms with Crippen molar-refractivity contribution in [2.75, 3.05) is 14.2 Å². The minimum atomic E-state index is -0.685.